The fourth-order valence-electron chi connectivity index (χ4n) is 4.48. The van der Waals surface area contributed by atoms with Gasteiger partial charge in [-0.15, -0.1) is 0 Å². The number of hydrogen-bond acceptors (Lipinski definition) is 3. The van der Waals surface area contributed by atoms with Crippen LogP contribution in [0.3, 0.4) is 0 Å². The van der Waals surface area contributed by atoms with E-state index in [1.165, 1.54) is 29.7 Å². The van der Waals surface area contributed by atoms with Crippen LogP contribution in [0.25, 0.3) is 0 Å². The van der Waals surface area contributed by atoms with Crippen LogP contribution >= 0.6 is 0 Å². The van der Waals surface area contributed by atoms with Crippen molar-refractivity contribution in [1.82, 2.24) is 4.90 Å². The summed E-state index contributed by atoms with van der Waals surface area (Å²) in [5.41, 5.74) is 6.11. The summed E-state index contributed by atoms with van der Waals surface area (Å²) in [6.45, 7) is 4.76. The molecule has 4 heteroatoms. The van der Waals surface area contributed by atoms with Gasteiger partial charge in [0, 0.05) is 30.5 Å². The van der Waals surface area contributed by atoms with Gasteiger partial charge >= 0.3 is 0 Å². The summed E-state index contributed by atoms with van der Waals surface area (Å²) in [6.07, 6.45) is 4.74. The molecule has 142 valence electrons. The second kappa shape index (κ2) is 7.73. The van der Waals surface area contributed by atoms with Gasteiger partial charge in [-0.2, -0.15) is 0 Å². The number of fused-ring (bicyclic) bond motifs is 1. The molecule has 2 aliphatic rings. The molecule has 1 N–H and O–H groups in total. The third-order valence-corrected chi connectivity index (χ3v) is 5.98. The van der Waals surface area contributed by atoms with Crippen molar-refractivity contribution in [3.63, 3.8) is 0 Å². The molecule has 1 aliphatic carbocycles. The summed E-state index contributed by atoms with van der Waals surface area (Å²) in [6, 6.07) is 15.3. The molecule has 0 saturated carbocycles. The Labute approximate surface area is 162 Å². The van der Waals surface area contributed by atoms with Crippen molar-refractivity contribution >= 4 is 17.3 Å². The average Bonchev–Trinajstić information content (AvgIpc) is 3.33. The minimum Gasteiger partial charge on any atom is -0.372 e. The van der Waals surface area contributed by atoms with Crippen LogP contribution in [0.15, 0.2) is 42.5 Å². The molecule has 1 fully saturated rings. The van der Waals surface area contributed by atoms with E-state index >= 15 is 0 Å². The molecule has 2 aromatic rings. The molecule has 2 aromatic carbocycles. The van der Waals surface area contributed by atoms with Gasteiger partial charge in [-0.05, 0) is 74.5 Å². The number of nitrogens with one attached hydrogen (secondary N) is 1. The first-order chi connectivity index (χ1) is 13.1. The fourth-order valence-corrected chi connectivity index (χ4v) is 4.48. The summed E-state index contributed by atoms with van der Waals surface area (Å²) in [5, 5.41) is 3.11. The Hall–Kier alpha value is -2.33. The molecule has 0 aromatic heterocycles. The number of hydrogen-bond donors (Lipinski definition) is 1. The number of aryl methyl sites for hydroxylation is 2. The van der Waals surface area contributed by atoms with Crippen molar-refractivity contribution < 1.29 is 4.79 Å². The van der Waals surface area contributed by atoms with Crippen LogP contribution in [0.4, 0.5) is 11.4 Å². The van der Waals surface area contributed by atoms with Crippen molar-refractivity contribution in [3.8, 4) is 0 Å². The van der Waals surface area contributed by atoms with E-state index < -0.39 is 0 Å². The summed E-state index contributed by atoms with van der Waals surface area (Å²) in [7, 11) is 2.05. The average molecular weight is 364 g/mol. The van der Waals surface area contributed by atoms with Crippen LogP contribution in [-0.4, -0.2) is 37.5 Å². The Kier molecular flexibility index (Phi) is 5.17. The van der Waals surface area contributed by atoms with Crippen molar-refractivity contribution in [2.75, 3.05) is 36.9 Å². The fraction of sp³-hybridized carbons (Fsp3) is 0.435. The van der Waals surface area contributed by atoms with Gasteiger partial charge in [-0.3, -0.25) is 9.69 Å². The predicted molar refractivity (Wildman–Crippen MR) is 111 cm³/mol. The smallest absolute Gasteiger partial charge is 0.238 e. The molecule has 0 unspecified atom stereocenters. The number of benzene rings is 2. The minimum absolute atomic E-state index is 0.0545. The topological polar surface area (TPSA) is 35.6 Å². The largest absolute Gasteiger partial charge is 0.372 e. The Morgan fingerprint density at radius 1 is 1.19 bits per heavy atom. The van der Waals surface area contributed by atoms with Crippen molar-refractivity contribution in [3.05, 3.63) is 59.2 Å². The van der Waals surface area contributed by atoms with Gasteiger partial charge < -0.3 is 10.2 Å². The third kappa shape index (κ3) is 3.86. The lowest BCUT2D eigenvalue weighted by Crippen LogP contribution is -2.32. The molecule has 1 heterocycles. The predicted octanol–water partition coefficient (Wildman–Crippen LogP) is 4.15. The van der Waals surface area contributed by atoms with E-state index in [1.54, 1.807) is 0 Å². The van der Waals surface area contributed by atoms with Crippen LogP contribution in [0.5, 0.6) is 0 Å². The molecule has 0 spiro atoms. The number of amides is 1. The molecule has 4 rings (SSSR count). The lowest BCUT2D eigenvalue weighted by molar-refractivity contribution is -0.117. The van der Waals surface area contributed by atoms with Gasteiger partial charge in [0.25, 0.3) is 0 Å². The quantitative estimate of drug-likeness (QED) is 0.867. The van der Waals surface area contributed by atoms with Crippen LogP contribution in [0.2, 0.25) is 0 Å². The Morgan fingerprint density at radius 2 is 1.96 bits per heavy atom. The number of nitrogens with zero attached hydrogens (tertiary/aromatic N) is 2. The summed E-state index contributed by atoms with van der Waals surface area (Å²) < 4.78 is 0. The standard InChI is InChI=1S/C23H29N3O/c1-17-15-19(26-13-5-6-14-26)10-11-21(17)24-23(27)16-25(2)22-12-9-18-7-3-4-8-20(18)22/h3-4,7-8,10-11,15,22H,5-6,9,12-14,16H2,1-2H3,(H,24,27)/t22-/m0/s1. The van der Waals surface area contributed by atoms with Crippen LogP contribution in [-0.2, 0) is 11.2 Å². The second-order valence-electron chi connectivity index (χ2n) is 7.91. The summed E-state index contributed by atoms with van der Waals surface area (Å²) in [4.78, 5) is 17.2. The van der Waals surface area contributed by atoms with E-state index in [9.17, 15) is 4.79 Å². The van der Waals surface area contributed by atoms with Gasteiger partial charge in [-0.1, -0.05) is 24.3 Å². The lowest BCUT2D eigenvalue weighted by Gasteiger charge is -2.25. The van der Waals surface area contributed by atoms with Crippen molar-refractivity contribution in [1.29, 1.82) is 0 Å². The van der Waals surface area contributed by atoms with Crippen LogP contribution in [0.1, 0.15) is 42.0 Å². The Morgan fingerprint density at radius 3 is 2.74 bits per heavy atom. The first-order valence-corrected chi connectivity index (χ1v) is 10.1. The maximum Gasteiger partial charge on any atom is 0.238 e. The normalized spacial score (nSPS) is 18.8. The molecule has 1 atom stereocenters. The zero-order valence-corrected chi connectivity index (χ0v) is 16.4. The molecular formula is C23H29N3O. The van der Waals surface area contributed by atoms with Gasteiger partial charge in [0.15, 0.2) is 0 Å². The molecule has 0 bridgehead atoms. The Balaban J connectivity index is 1.38. The number of carbonyl (C=O) groups is 1. The first kappa shape index (κ1) is 18.1. The number of likely N-dealkylation sites (N-methyl/N-ethyl adjacent to an activating group) is 1. The summed E-state index contributed by atoms with van der Waals surface area (Å²) >= 11 is 0. The highest BCUT2D eigenvalue weighted by atomic mass is 16.2. The van der Waals surface area contributed by atoms with Gasteiger partial charge in [0.05, 0.1) is 6.54 Å². The molecular weight excluding hydrogens is 334 g/mol. The molecule has 27 heavy (non-hydrogen) atoms. The SMILES string of the molecule is Cc1cc(N2CCCC2)ccc1NC(=O)CN(C)[C@H]1CCc2ccccc21. The minimum atomic E-state index is 0.0545. The van der Waals surface area contributed by atoms with E-state index in [-0.39, 0.29) is 5.91 Å². The highest BCUT2D eigenvalue weighted by molar-refractivity contribution is 5.93. The second-order valence-corrected chi connectivity index (χ2v) is 7.91. The van der Waals surface area contributed by atoms with E-state index in [0.717, 1.165) is 37.2 Å². The molecule has 0 radical (unpaired) electrons. The molecule has 1 amide bonds. The van der Waals surface area contributed by atoms with Crippen molar-refractivity contribution in [2.24, 2.45) is 0 Å². The highest BCUT2D eigenvalue weighted by Gasteiger charge is 2.26. The monoisotopic (exact) mass is 363 g/mol. The van der Waals surface area contributed by atoms with E-state index in [4.69, 9.17) is 0 Å². The third-order valence-electron chi connectivity index (χ3n) is 5.98. The maximum atomic E-state index is 12.6. The summed E-state index contributed by atoms with van der Waals surface area (Å²) in [5.74, 6) is 0.0545. The van der Waals surface area contributed by atoms with Gasteiger partial charge in [0.2, 0.25) is 5.91 Å². The molecule has 4 nitrogen and oxygen atoms in total. The first-order valence-electron chi connectivity index (χ1n) is 10.1. The van der Waals surface area contributed by atoms with Crippen molar-refractivity contribution in [2.45, 2.75) is 38.6 Å². The zero-order valence-electron chi connectivity index (χ0n) is 16.4. The molecule has 1 aliphatic heterocycles. The number of rotatable bonds is 5. The Bertz CT molecular complexity index is 826. The maximum absolute atomic E-state index is 12.6. The van der Waals surface area contributed by atoms with Gasteiger partial charge in [0.1, 0.15) is 0 Å². The molecule has 1 saturated heterocycles. The number of carbonyl (C=O) groups excluding carboxylic acids is 1. The van der Waals surface area contributed by atoms with Gasteiger partial charge in [-0.25, -0.2) is 0 Å². The highest BCUT2D eigenvalue weighted by Crippen LogP contribution is 2.34. The van der Waals surface area contributed by atoms with E-state index in [2.05, 4.69) is 65.5 Å². The lowest BCUT2D eigenvalue weighted by atomic mass is 10.1. The van der Waals surface area contributed by atoms with E-state index in [1.807, 2.05) is 6.07 Å². The van der Waals surface area contributed by atoms with Crippen LogP contribution < -0.4 is 10.2 Å². The zero-order chi connectivity index (χ0) is 18.8. The number of anilines is 2. The van der Waals surface area contributed by atoms with E-state index in [0.29, 0.717) is 12.6 Å². The van der Waals surface area contributed by atoms with Crippen LogP contribution in [0, 0.1) is 6.92 Å².